The maximum atomic E-state index is 12.4. The summed E-state index contributed by atoms with van der Waals surface area (Å²) in [6.45, 7) is 12.2. The summed E-state index contributed by atoms with van der Waals surface area (Å²) in [5.74, 6) is 1.32. The van der Waals surface area contributed by atoms with Crippen LogP contribution >= 0.6 is 0 Å². The molecule has 116 valence electrons. The number of hydrogen-bond donors (Lipinski definition) is 0. The van der Waals surface area contributed by atoms with E-state index in [4.69, 9.17) is 0 Å². The highest BCUT2D eigenvalue weighted by atomic mass is 16.2. The molecule has 0 N–H and O–H groups in total. The summed E-state index contributed by atoms with van der Waals surface area (Å²) >= 11 is 0. The lowest BCUT2D eigenvalue weighted by Gasteiger charge is -2.39. The zero-order chi connectivity index (χ0) is 14.7. The van der Waals surface area contributed by atoms with Crippen LogP contribution in [0.25, 0.3) is 0 Å². The van der Waals surface area contributed by atoms with Gasteiger partial charge in [0.15, 0.2) is 0 Å². The fraction of sp³-hybridized carbons (Fsp3) is 0.941. The Bertz CT molecular complexity index is 315. The van der Waals surface area contributed by atoms with Crippen LogP contribution in [-0.4, -0.2) is 47.4 Å². The first-order valence-corrected chi connectivity index (χ1v) is 8.53. The number of piperidine rings is 1. The number of nitrogens with zero attached hydrogens (tertiary/aromatic N) is 2. The largest absolute Gasteiger partial charge is 0.336 e. The minimum Gasteiger partial charge on any atom is -0.336 e. The lowest BCUT2D eigenvalue weighted by molar-refractivity contribution is -0.138. The van der Waals surface area contributed by atoms with Crippen molar-refractivity contribution in [3.63, 3.8) is 0 Å². The minimum absolute atomic E-state index is 0.148. The third kappa shape index (κ3) is 4.21. The van der Waals surface area contributed by atoms with Crippen molar-refractivity contribution in [1.82, 2.24) is 9.80 Å². The van der Waals surface area contributed by atoms with Crippen LogP contribution in [0.1, 0.15) is 59.8 Å². The lowest BCUT2D eigenvalue weighted by Crippen LogP contribution is -2.49. The molecule has 2 fully saturated rings. The molecular formula is C17H32N2O. The Balaban J connectivity index is 1.83. The van der Waals surface area contributed by atoms with Gasteiger partial charge in [0.2, 0.25) is 5.91 Å². The molecule has 0 aromatic heterocycles. The first-order valence-electron chi connectivity index (χ1n) is 8.53. The molecule has 0 spiro atoms. The summed E-state index contributed by atoms with van der Waals surface area (Å²) in [5.41, 5.74) is 0. The highest BCUT2D eigenvalue weighted by Gasteiger charge is 2.39. The van der Waals surface area contributed by atoms with Crippen molar-refractivity contribution in [2.24, 2.45) is 11.8 Å². The van der Waals surface area contributed by atoms with E-state index in [2.05, 4.69) is 23.6 Å². The molecule has 1 saturated heterocycles. The predicted octanol–water partition coefficient (Wildman–Crippen LogP) is 3.14. The van der Waals surface area contributed by atoms with E-state index in [0.29, 0.717) is 18.0 Å². The Morgan fingerprint density at radius 1 is 1.05 bits per heavy atom. The van der Waals surface area contributed by atoms with Gasteiger partial charge in [-0.3, -0.25) is 4.79 Å². The van der Waals surface area contributed by atoms with Crippen LogP contribution in [0, 0.1) is 11.8 Å². The van der Waals surface area contributed by atoms with Crippen LogP contribution in [0.3, 0.4) is 0 Å². The molecule has 3 heteroatoms. The normalized spacial score (nSPS) is 21.7. The van der Waals surface area contributed by atoms with E-state index in [1.54, 1.807) is 0 Å². The summed E-state index contributed by atoms with van der Waals surface area (Å²) < 4.78 is 0. The quantitative estimate of drug-likeness (QED) is 0.746. The number of likely N-dealkylation sites (tertiary alicyclic amines) is 1. The van der Waals surface area contributed by atoms with Gasteiger partial charge in [0.1, 0.15) is 0 Å². The van der Waals surface area contributed by atoms with E-state index in [-0.39, 0.29) is 5.92 Å². The summed E-state index contributed by atoms with van der Waals surface area (Å²) in [4.78, 5) is 17.3. The van der Waals surface area contributed by atoms with Crippen molar-refractivity contribution in [3.05, 3.63) is 0 Å². The molecule has 1 heterocycles. The summed E-state index contributed by atoms with van der Waals surface area (Å²) in [6.07, 6.45) is 6.10. The van der Waals surface area contributed by atoms with E-state index in [0.717, 1.165) is 5.92 Å². The number of amides is 1. The Morgan fingerprint density at radius 2 is 1.60 bits per heavy atom. The van der Waals surface area contributed by atoms with Gasteiger partial charge in [0.25, 0.3) is 0 Å². The van der Waals surface area contributed by atoms with Crippen molar-refractivity contribution in [3.8, 4) is 0 Å². The van der Waals surface area contributed by atoms with Gasteiger partial charge < -0.3 is 9.80 Å². The van der Waals surface area contributed by atoms with Gasteiger partial charge in [-0.15, -0.1) is 0 Å². The molecule has 0 radical (unpaired) electrons. The Hall–Kier alpha value is -0.570. The Morgan fingerprint density at radius 3 is 2.05 bits per heavy atom. The lowest BCUT2D eigenvalue weighted by atomic mass is 10.00. The molecule has 2 rings (SSSR count). The molecule has 3 nitrogen and oxygen atoms in total. The van der Waals surface area contributed by atoms with Crippen molar-refractivity contribution < 1.29 is 4.79 Å². The van der Waals surface area contributed by atoms with E-state index in [9.17, 15) is 4.79 Å². The van der Waals surface area contributed by atoms with Gasteiger partial charge in [-0.2, -0.15) is 0 Å². The Kier molecular flexibility index (Phi) is 5.48. The van der Waals surface area contributed by atoms with E-state index in [1.165, 1.54) is 51.7 Å². The predicted molar refractivity (Wildman–Crippen MR) is 83.6 cm³/mol. The molecular weight excluding hydrogens is 248 g/mol. The second kappa shape index (κ2) is 6.93. The second-order valence-electron chi connectivity index (χ2n) is 7.39. The zero-order valence-corrected chi connectivity index (χ0v) is 13.8. The van der Waals surface area contributed by atoms with Crippen LogP contribution in [0.15, 0.2) is 0 Å². The van der Waals surface area contributed by atoms with Crippen LogP contribution < -0.4 is 0 Å². The third-order valence-electron chi connectivity index (χ3n) is 4.66. The molecule has 2 aliphatic rings. The highest BCUT2D eigenvalue weighted by molar-refractivity contribution is 5.79. The maximum Gasteiger partial charge on any atom is 0.225 e. The van der Waals surface area contributed by atoms with Gasteiger partial charge in [0, 0.05) is 31.1 Å². The van der Waals surface area contributed by atoms with Crippen molar-refractivity contribution >= 4 is 5.91 Å². The molecule has 1 aliphatic heterocycles. The highest BCUT2D eigenvalue weighted by Crippen LogP contribution is 2.33. The molecule has 20 heavy (non-hydrogen) atoms. The molecule has 0 aromatic carbocycles. The van der Waals surface area contributed by atoms with Crippen LogP contribution in [0.5, 0.6) is 0 Å². The van der Waals surface area contributed by atoms with Crippen molar-refractivity contribution in [1.29, 1.82) is 0 Å². The molecule has 0 atom stereocenters. The second-order valence-corrected chi connectivity index (χ2v) is 7.39. The van der Waals surface area contributed by atoms with Crippen LogP contribution in [0.4, 0.5) is 0 Å². The maximum absolute atomic E-state index is 12.4. The number of rotatable bonds is 6. The molecule has 0 bridgehead atoms. The first kappa shape index (κ1) is 15.8. The minimum atomic E-state index is 0.148. The molecule has 0 unspecified atom stereocenters. The third-order valence-corrected chi connectivity index (χ3v) is 4.66. The van der Waals surface area contributed by atoms with E-state index in [1.807, 2.05) is 13.8 Å². The van der Waals surface area contributed by atoms with Gasteiger partial charge in [-0.05, 0) is 44.6 Å². The summed E-state index contributed by atoms with van der Waals surface area (Å²) in [6, 6.07) is 1.07. The monoisotopic (exact) mass is 280 g/mol. The zero-order valence-electron chi connectivity index (χ0n) is 13.8. The van der Waals surface area contributed by atoms with Crippen molar-refractivity contribution in [2.45, 2.75) is 71.9 Å². The number of hydrogen-bond acceptors (Lipinski definition) is 2. The Labute approximate surface area is 124 Å². The first-order chi connectivity index (χ1) is 9.49. The van der Waals surface area contributed by atoms with Gasteiger partial charge in [-0.25, -0.2) is 0 Å². The van der Waals surface area contributed by atoms with E-state index >= 15 is 0 Å². The molecule has 1 aliphatic carbocycles. The SMILES string of the molecule is CC(C)CCN1CCC(N(C(=O)C(C)C)C2CC2)CC1. The smallest absolute Gasteiger partial charge is 0.225 e. The molecule has 0 aromatic rings. The topological polar surface area (TPSA) is 23.6 Å². The number of carbonyl (C=O) groups is 1. The molecule has 1 saturated carbocycles. The van der Waals surface area contributed by atoms with Crippen LogP contribution in [0.2, 0.25) is 0 Å². The summed E-state index contributed by atoms with van der Waals surface area (Å²) in [7, 11) is 0. The van der Waals surface area contributed by atoms with Crippen molar-refractivity contribution in [2.75, 3.05) is 19.6 Å². The van der Waals surface area contributed by atoms with Crippen LogP contribution in [-0.2, 0) is 4.79 Å². The van der Waals surface area contributed by atoms with E-state index < -0.39 is 0 Å². The average molecular weight is 280 g/mol. The average Bonchev–Trinajstić information content (AvgIpc) is 3.22. The summed E-state index contributed by atoms with van der Waals surface area (Å²) in [5, 5.41) is 0. The van der Waals surface area contributed by atoms with Gasteiger partial charge >= 0.3 is 0 Å². The molecule has 1 amide bonds. The van der Waals surface area contributed by atoms with Gasteiger partial charge in [0.05, 0.1) is 0 Å². The van der Waals surface area contributed by atoms with Gasteiger partial charge in [-0.1, -0.05) is 27.7 Å². The standard InChI is InChI=1S/C17H32N2O/c1-13(2)7-10-18-11-8-16(9-12-18)19(15-5-6-15)17(20)14(3)4/h13-16H,5-12H2,1-4H3. The fourth-order valence-electron chi connectivity index (χ4n) is 3.17. The fourth-order valence-corrected chi connectivity index (χ4v) is 3.17. The number of carbonyl (C=O) groups excluding carboxylic acids is 1.